The maximum atomic E-state index is 14.6. The summed E-state index contributed by atoms with van der Waals surface area (Å²) in [7, 11) is -4.11. The van der Waals surface area contributed by atoms with Crippen LogP contribution in [0.25, 0.3) is 16.9 Å². The number of hydrogen-bond donors (Lipinski definition) is 0. The predicted molar refractivity (Wildman–Crippen MR) is 96.7 cm³/mol. The SMILES string of the molecule is Cc1cc(-n2nc(C(F)F)cc2-c2cc(F)c(S(C)(=O)=O)cc2F)ccc1C(F)(F)F. The average molecular weight is 466 g/mol. The largest absolute Gasteiger partial charge is 0.416 e. The van der Waals surface area contributed by atoms with Crippen molar-refractivity contribution in [1.82, 2.24) is 9.78 Å². The molecule has 4 nitrogen and oxygen atoms in total. The first kappa shape index (κ1) is 22.8. The van der Waals surface area contributed by atoms with Crippen molar-refractivity contribution >= 4 is 9.84 Å². The third kappa shape index (κ3) is 4.43. The lowest BCUT2D eigenvalue weighted by molar-refractivity contribution is -0.138. The Morgan fingerprint density at radius 1 is 1.00 bits per heavy atom. The van der Waals surface area contributed by atoms with Crippen LogP contribution in [0.5, 0.6) is 0 Å². The molecule has 1 heterocycles. The summed E-state index contributed by atoms with van der Waals surface area (Å²) in [5, 5.41) is 3.61. The molecule has 0 saturated heterocycles. The molecule has 2 aromatic carbocycles. The van der Waals surface area contributed by atoms with E-state index >= 15 is 0 Å². The highest BCUT2D eigenvalue weighted by molar-refractivity contribution is 7.90. The van der Waals surface area contributed by atoms with Crippen molar-refractivity contribution in [2.45, 2.75) is 24.4 Å². The zero-order valence-corrected chi connectivity index (χ0v) is 16.6. The van der Waals surface area contributed by atoms with E-state index in [1.807, 2.05) is 0 Å². The maximum absolute atomic E-state index is 14.6. The van der Waals surface area contributed by atoms with Gasteiger partial charge in [-0.05, 0) is 48.9 Å². The van der Waals surface area contributed by atoms with Crippen molar-refractivity contribution in [1.29, 1.82) is 0 Å². The Hall–Kier alpha value is -2.89. The number of rotatable bonds is 4. The lowest BCUT2D eigenvalue weighted by atomic mass is 10.1. The molecular weight excluding hydrogens is 453 g/mol. The van der Waals surface area contributed by atoms with Gasteiger partial charge in [-0.15, -0.1) is 0 Å². The van der Waals surface area contributed by atoms with Crippen LogP contribution in [-0.4, -0.2) is 24.5 Å². The molecule has 0 aliphatic carbocycles. The number of alkyl halides is 5. The molecule has 0 radical (unpaired) electrons. The van der Waals surface area contributed by atoms with Crippen LogP contribution in [0.15, 0.2) is 41.3 Å². The van der Waals surface area contributed by atoms with Crippen molar-refractivity contribution in [3.63, 3.8) is 0 Å². The highest BCUT2D eigenvalue weighted by atomic mass is 32.2. The fourth-order valence-electron chi connectivity index (χ4n) is 3.00. The summed E-state index contributed by atoms with van der Waals surface area (Å²) < 4.78 is 118. The van der Waals surface area contributed by atoms with Crippen LogP contribution in [0.4, 0.5) is 30.7 Å². The summed E-state index contributed by atoms with van der Waals surface area (Å²) in [6.45, 7) is 1.14. The predicted octanol–water partition coefficient (Wildman–Crippen LogP) is 5.49. The summed E-state index contributed by atoms with van der Waals surface area (Å²) in [5.41, 5.74) is -3.15. The van der Waals surface area contributed by atoms with Gasteiger partial charge in [-0.3, -0.25) is 0 Å². The molecule has 0 bridgehead atoms. The third-order valence-corrected chi connectivity index (χ3v) is 5.52. The number of aryl methyl sites for hydroxylation is 1. The van der Waals surface area contributed by atoms with Crippen LogP contribution in [-0.2, 0) is 16.0 Å². The molecule has 0 unspecified atom stereocenters. The minimum atomic E-state index is -4.65. The zero-order valence-electron chi connectivity index (χ0n) is 15.8. The summed E-state index contributed by atoms with van der Waals surface area (Å²) in [5.74, 6) is -2.57. The number of nitrogens with zero attached hydrogens (tertiary/aromatic N) is 2. The van der Waals surface area contributed by atoms with Gasteiger partial charge in [-0.2, -0.15) is 18.3 Å². The monoisotopic (exact) mass is 466 g/mol. The molecule has 0 fully saturated rings. The number of sulfone groups is 1. The molecule has 3 rings (SSSR count). The van der Waals surface area contributed by atoms with Gasteiger partial charge in [0.1, 0.15) is 22.2 Å². The van der Waals surface area contributed by atoms with Crippen LogP contribution >= 0.6 is 0 Å². The number of aromatic nitrogens is 2. The molecule has 166 valence electrons. The van der Waals surface area contributed by atoms with Crippen LogP contribution in [0.3, 0.4) is 0 Å². The topological polar surface area (TPSA) is 52.0 Å². The van der Waals surface area contributed by atoms with Gasteiger partial charge in [0.15, 0.2) is 9.84 Å². The molecule has 31 heavy (non-hydrogen) atoms. The Morgan fingerprint density at radius 3 is 2.16 bits per heavy atom. The molecule has 1 aromatic heterocycles. The van der Waals surface area contributed by atoms with Crippen molar-refractivity contribution in [3.05, 3.63) is 64.9 Å². The van der Waals surface area contributed by atoms with E-state index in [4.69, 9.17) is 0 Å². The number of hydrogen-bond acceptors (Lipinski definition) is 3. The number of halogens is 7. The molecular formula is C19H13F7N2O2S. The maximum Gasteiger partial charge on any atom is 0.416 e. The fourth-order valence-corrected chi connectivity index (χ4v) is 3.73. The van der Waals surface area contributed by atoms with Gasteiger partial charge in [0.05, 0.1) is 16.9 Å². The number of benzene rings is 2. The molecule has 3 aromatic rings. The highest BCUT2D eigenvalue weighted by Gasteiger charge is 2.32. The summed E-state index contributed by atoms with van der Waals surface area (Å²) in [6.07, 6.45) is -7.10. The van der Waals surface area contributed by atoms with Crippen molar-refractivity contribution in [2.75, 3.05) is 6.26 Å². The summed E-state index contributed by atoms with van der Waals surface area (Å²) in [4.78, 5) is -0.931. The molecule has 0 amide bonds. The Kier molecular flexibility index (Phi) is 5.63. The summed E-state index contributed by atoms with van der Waals surface area (Å²) >= 11 is 0. The van der Waals surface area contributed by atoms with Gasteiger partial charge in [0, 0.05) is 11.8 Å². The second-order valence-electron chi connectivity index (χ2n) is 6.70. The zero-order chi connectivity index (χ0) is 23.3. The van der Waals surface area contributed by atoms with Crippen LogP contribution in [0, 0.1) is 18.6 Å². The minimum Gasteiger partial charge on any atom is -0.233 e. The van der Waals surface area contributed by atoms with E-state index in [1.165, 1.54) is 0 Å². The smallest absolute Gasteiger partial charge is 0.233 e. The molecule has 0 saturated carbocycles. The van der Waals surface area contributed by atoms with Crippen LogP contribution in [0.2, 0.25) is 0 Å². The van der Waals surface area contributed by atoms with Crippen molar-refractivity contribution < 1.29 is 39.2 Å². The standard InChI is InChI=1S/C19H13F7N2O2S/c1-9-5-10(3-4-12(9)19(24,25)26)28-16(8-15(27-28)18(22)23)11-6-14(21)17(7-13(11)20)31(2,29)30/h3-8,18H,1-2H3. The van der Waals surface area contributed by atoms with Gasteiger partial charge >= 0.3 is 6.18 Å². The Labute approximate surface area is 171 Å². The van der Waals surface area contributed by atoms with E-state index in [0.29, 0.717) is 24.5 Å². The van der Waals surface area contributed by atoms with Gasteiger partial charge in [-0.1, -0.05) is 0 Å². The van der Waals surface area contributed by atoms with Crippen LogP contribution in [0.1, 0.15) is 23.2 Å². The highest BCUT2D eigenvalue weighted by Crippen LogP contribution is 2.35. The van der Waals surface area contributed by atoms with Crippen molar-refractivity contribution in [2.24, 2.45) is 0 Å². The van der Waals surface area contributed by atoms with E-state index in [2.05, 4.69) is 5.10 Å². The first-order valence-electron chi connectivity index (χ1n) is 8.46. The second-order valence-corrected chi connectivity index (χ2v) is 8.68. The Balaban J connectivity index is 2.25. The lowest BCUT2D eigenvalue weighted by Gasteiger charge is -2.14. The first-order valence-corrected chi connectivity index (χ1v) is 10.3. The van der Waals surface area contributed by atoms with Gasteiger partial charge in [0.2, 0.25) is 0 Å². The normalized spacial score (nSPS) is 12.6. The molecule has 12 heteroatoms. The molecule has 0 aliphatic heterocycles. The molecule has 0 N–H and O–H groups in total. The fraction of sp³-hybridized carbons (Fsp3) is 0.211. The summed E-state index contributed by atoms with van der Waals surface area (Å²) in [6, 6.07) is 4.31. The minimum absolute atomic E-state index is 0.112. The van der Waals surface area contributed by atoms with Crippen LogP contribution < -0.4 is 0 Å². The van der Waals surface area contributed by atoms with Gasteiger partial charge in [-0.25, -0.2) is 30.7 Å². The van der Waals surface area contributed by atoms with Gasteiger partial charge < -0.3 is 0 Å². The quantitative estimate of drug-likeness (QED) is 0.478. The Morgan fingerprint density at radius 2 is 1.65 bits per heavy atom. The third-order valence-electron chi connectivity index (χ3n) is 4.41. The molecule has 0 aliphatic rings. The lowest BCUT2D eigenvalue weighted by Crippen LogP contribution is -2.09. The van der Waals surface area contributed by atoms with E-state index in [-0.39, 0.29) is 11.3 Å². The van der Waals surface area contributed by atoms with E-state index < -0.39 is 61.5 Å². The van der Waals surface area contributed by atoms with E-state index in [1.54, 1.807) is 0 Å². The van der Waals surface area contributed by atoms with E-state index in [9.17, 15) is 39.2 Å². The average Bonchev–Trinajstić information content (AvgIpc) is 3.06. The second kappa shape index (κ2) is 7.66. The van der Waals surface area contributed by atoms with Crippen molar-refractivity contribution in [3.8, 4) is 16.9 Å². The van der Waals surface area contributed by atoms with Gasteiger partial charge in [0.25, 0.3) is 6.43 Å². The molecule has 0 spiro atoms. The van der Waals surface area contributed by atoms with E-state index in [0.717, 1.165) is 29.8 Å². The Bertz CT molecular complexity index is 1260. The first-order chi connectivity index (χ1) is 14.2. The molecule has 0 atom stereocenters.